The van der Waals surface area contributed by atoms with Gasteiger partial charge in [-0.15, -0.1) is 0 Å². The van der Waals surface area contributed by atoms with Gasteiger partial charge >= 0.3 is 0 Å². The highest BCUT2D eigenvalue weighted by atomic mass is 79.9. The molecule has 0 amide bonds. The Labute approximate surface area is 130 Å². The Morgan fingerprint density at radius 1 is 1.10 bits per heavy atom. The number of halogens is 2. The Hall–Kier alpha value is -1.52. The standard InChI is InChI=1S/C15H12BrClO3/c1-19-13-6-5-11(15(20-2)14(13)16)10-4-3-9(8-18)7-12(10)17/h3-8H,1-2H3. The molecule has 3 nitrogen and oxygen atoms in total. The molecule has 0 aliphatic carbocycles. The molecule has 0 spiro atoms. The predicted octanol–water partition coefficient (Wildman–Crippen LogP) is 4.60. The van der Waals surface area contributed by atoms with Crippen molar-refractivity contribution in [2.24, 2.45) is 0 Å². The Morgan fingerprint density at radius 2 is 1.80 bits per heavy atom. The molecular formula is C15H12BrClO3. The van der Waals surface area contributed by atoms with E-state index in [2.05, 4.69) is 15.9 Å². The molecule has 0 aliphatic heterocycles. The van der Waals surface area contributed by atoms with Crippen molar-refractivity contribution in [3.63, 3.8) is 0 Å². The Kier molecular flexibility index (Phi) is 4.68. The molecule has 0 saturated heterocycles. The second-order valence-electron chi connectivity index (χ2n) is 4.02. The van der Waals surface area contributed by atoms with Gasteiger partial charge in [0, 0.05) is 21.7 Å². The predicted molar refractivity (Wildman–Crippen MR) is 83.1 cm³/mol. The highest BCUT2D eigenvalue weighted by molar-refractivity contribution is 9.10. The summed E-state index contributed by atoms with van der Waals surface area (Å²) in [6, 6.07) is 8.83. The molecule has 104 valence electrons. The van der Waals surface area contributed by atoms with Gasteiger partial charge in [0.2, 0.25) is 0 Å². The van der Waals surface area contributed by atoms with Crippen LogP contribution in [-0.2, 0) is 0 Å². The largest absolute Gasteiger partial charge is 0.495 e. The summed E-state index contributed by atoms with van der Waals surface area (Å²) in [4.78, 5) is 10.8. The first-order valence-electron chi connectivity index (χ1n) is 5.78. The zero-order chi connectivity index (χ0) is 14.7. The summed E-state index contributed by atoms with van der Waals surface area (Å²) in [6.45, 7) is 0. The van der Waals surface area contributed by atoms with E-state index in [0.29, 0.717) is 22.1 Å². The van der Waals surface area contributed by atoms with Crippen LogP contribution >= 0.6 is 27.5 Å². The fourth-order valence-electron chi connectivity index (χ4n) is 1.93. The third-order valence-electron chi connectivity index (χ3n) is 2.91. The van der Waals surface area contributed by atoms with E-state index in [0.717, 1.165) is 21.9 Å². The minimum absolute atomic E-state index is 0.491. The molecule has 2 aromatic carbocycles. The highest BCUT2D eigenvalue weighted by Crippen LogP contribution is 2.43. The summed E-state index contributed by atoms with van der Waals surface area (Å²) in [7, 11) is 3.17. The third-order valence-corrected chi connectivity index (χ3v) is 3.97. The van der Waals surface area contributed by atoms with Gasteiger partial charge in [-0.3, -0.25) is 4.79 Å². The summed E-state index contributed by atoms with van der Waals surface area (Å²) in [6.07, 6.45) is 0.761. The second-order valence-corrected chi connectivity index (χ2v) is 5.22. The Bertz CT molecular complexity index is 656. The van der Waals surface area contributed by atoms with Crippen molar-refractivity contribution in [2.75, 3.05) is 14.2 Å². The topological polar surface area (TPSA) is 35.5 Å². The monoisotopic (exact) mass is 354 g/mol. The molecule has 0 atom stereocenters. The van der Waals surface area contributed by atoms with Gasteiger partial charge in [-0.1, -0.05) is 23.7 Å². The van der Waals surface area contributed by atoms with Gasteiger partial charge in [-0.2, -0.15) is 0 Å². The molecule has 0 N–H and O–H groups in total. The van der Waals surface area contributed by atoms with Crippen LogP contribution in [0, 0.1) is 0 Å². The lowest BCUT2D eigenvalue weighted by molar-refractivity contribution is 0.112. The molecule has 0 bridgehead atoms. The van der Waals surface area contributed by atoms with Gasteiger partial charge in [0.05, 0.1) is 14.2 Å². The lowest BCUT2D eigenvalue weighted by Gasteiger charge is -2.14. The quantitative estimate of drug-likeness (QED) is 0.752. The molecule has 0 radical (unpaired) electrons. The maximum Gasteiger partial charge on any atom is 0.150 e. The Balaban J connectivity index is 2.63. The molecule has 2 rings (SSSR count). The number of carbonyl (C=O) groups excluding carboxylic acids is 1. The third kappa shape index (κ3) is 2.67. The zero-order valence-electron chi connectivity index (χ0n) is 10.9. The molecular weight excluding hydrogens is 344 g/mol. The first kappa shape index (κ1) is 14.9. The van der Waals surface area contributed by atoms with Gasteiger partial charge in [0.15, 0.2) is 0 Å². The van der Waals surface area contributed by atoms with E-state index >= 15 is 0 Å². The van der Waals surface area contributed by atoms with Crippen molar-refractivity contribution in [1.82, 2.24) is 0 Å². The van der Waals surface area contributed by atoms with Gasteiger partial charge in [0.25, 0.3) is 0 Å². The van der Waals surface area contributed by atoms with Crippen molar-refractivity contribution in [3.8, 4) is 22.6 Å². The first-order valence-corrected chi connectivity index (χ1v) is 6.95. The van der Waals surface area contributed by atoms with Crippen LogP contribution < -0.4 is 9.47 Å². The van der Waals surface area contributed by atoms with Crippen molar-refractivity contribution in [3.05, 3.63) is 45.4 Å². The lowest BCUT2D eigenvalue weighted by atomic mass is 10.0. The van der Waals surface area contributed by atoms with E-state index in [9.17, 15) is 4.79 Å². The molecule has 0 unspecified atom stereocenters. The van der Waals surface area contributed by atoms with Crippen LogP contribution in [0.5, 0.6) is 11.5 Å². The number of methoxy groups -OCH3 is 2. The van der Waals surface area contributed by atoms with Crippen LogP contribution in [0.2, 0.25) is 5.02 Å². The van der Waals surface area contributed by atoms with Crippen LogP contribution in [0.4, 0.5) is 0 Å². The number of hydrogen-bond acceptors (Lipinski definition) is 3. The van der Waals surface area contributed by atoms with E-state index < -0.39 is 0 Å². The van der Waals surface area contributed by atoms with Gasteiger partial charge in [-0.05, 0) is 34.1 Å². The van der Waals surface area contributed by atoms with Crippen LogP contribution in [0.15, 0.2) is 34.8 Å². The summed E-state index contributed by atoms with van der Waals surface area (Å²) in [5.41, 5.74) is 2.14. The minimum atomic E-state index is 0.491. The van der Waals surface area contributed by atoms with E-state index in [4.69, 9.17) is 21.1 Å². The van der Waals surface area contributed by atoms with E-state index in [1.54, 1.807) is 32.4 Å². The minimum Gasteiger partial charge on any atom is -0.495 e. The van der Waals surface area contributed by atoms with Gasteiger partial charge < -0.3 is 9.47 Å². The number of rotatable bonds is 4. The average Bonchev–Trinajstić information content (AvgIpc) is 2.46. The molecule has 5 heteroatoms. The maximum atomic E-state index is 10.8. The summed E-state index contributed by atoms with van der Waals surface area (Å²) < 4.78 is 11.4. The van der Waals surface area contributed by atoms with Crippen molar-refractivity contribution in [1.29, 1.82) is 0 Å². The van der Waals surface area contributed by atoms with Crippen LogP contribution in [0.3, 0.4) is 0 Å². The molecule has 20 heavy (non-hydrogen) atoms. The highest BCUT2D eigenvalue weighted by Gasteiger charge is 2.16. The fourth-order valence-corrected chi connectivity index (χ4v) is 2.89. The van der Waals surface area contributed by atoms with E-state index in [1.165, 1.54) is 0 Å². The van der Waals surface area contributed by atoms with Crippen molar-refractivity contribution < 1.29 is 14.3 Å². The molecule has 2 aromatic rings. The number of hydrogen-bond donors (Lipinski definition) is 0. The van der Waals surface area contributed by atoms with Crippen LogP contribution in [0.25, 0.3) is 11.1 Å². The normalized spacial score (nSPS) is 10.2. The van der Waals surface area contributed by atoms with E-state index in [1.807, 2.05) is 12.1 Å². The maximum absolute atomic E-state index is 10.8. The molecule has 0 aromatic heterocycles. The smallest absolute Gasteiger partial charge is 0.150 e. The SMILES string of the molecule is COc1ccc(-c2ccc(C=O)cc2Cl)c(OC)c1Br. The number of aldehydes is 1. The van der Waals surface area contributed by atoms with Gasteiger partial charge in [-0.25, -0.2) is 0 Å². The van der Waals surface area contributed by atoms with Crippen molar-refractivity contribution >= 4 is 33.8 Å². The second kappa shape index (κ2) is 6.29. The summed E-state index contributed by atoms with van der Waals surface area (Å²) in [5, 5.41) is 0.491. The molecule has 0 heterocycles. The van der Waals surface area contributed by atoms with Crippen molar-refractivity contribution in [2.45, 2.75) is 0 Å². The molecule has 0 saturated carbocycles. The van der Waals surface area contributed by atoms with Crippen LogP contribution in [0.1, 0.15) is 10.4 Å². The fraction of sp³-hybridized carbons (Fsp3) is 0.133. The van der Waals surface area contributed by atoms with E-state index in [-0.39, 0.29) is 0 Å². The van der Waals surface area contributed by atoms with Crippen LogP contribution in [-0.4, -0.2) is 20.5 Å². The average molecular weight is 356 g/mol. The molecule has 0 fully saturated rings. The molecule has 0 aliphatic rings. The zero-order valence-corrected chi connectivity index (χ0v) is 13.3. The summed E-state index contributed by atoms with van der Waals surface area (Å²) in [5.74, 6) is 1.30. The number of ether oxygens (including phenoxy) is 2. The number of carbonyl (C=O) groups is 1. The lowest BCUT2D eigenvalue weighted by Crippen LogP contribution is -1.94. The summed E-state index contributed by atoms with van der Waals surface area (Å²) >= 11 is 9.69. The number of benzene rings is 2. The Morgan fingerprint density at radius 3 is 2.35 bits per heavy atom. The first-order chi connectivity index (χ1) is 9.62. The van der Waals surface area contributed by atoms with Gasteiger partial charge in [0.1, 0.15) is 22.3 Å².